The van der Waals surface area contributed by atoms with Gasteiger partial charge in [-0.05, 0) is 54.3 Å². The highest BCUT2D eigenvalue weighted by atomic mass is 32.2. The molecule has 0 unspecified atom stereocenters. The zero-order valence-electron chi connectivity index (χ0n) is 16.8. The van der Waals surface area contributed by atoms with E-state index in [1.54, 1.807) is 24.3 Å². The van der Waals surface area contributed by atoms with Crippen molar-refractivity contribution in [2.45, 2.75) is 37.1 Å². The maximum absolute atomic E-state index is 12.6. The second-order valence-corrected chi connectivity index (χ2v) is 9.10. The van der Waals surface area contributed by atoms with Crippen LogP contribution in [0.5, 0.6) is 11.5 Å². The van der Waals surface area contributed by atoms with Gasteiger partial charge in [0, 0.05) is 31.6 Å². The molecule has 0 bridgehead atoms. The lowest BCUT2D eigenvalue weighted by molar-refractivity contribution is -0.121. The molecule has 0 saturated carbocycles. The Morgan fingerprint density at radius 2 is 1.90 bits per heavy atom. The minimum atomic E-state index is -3.76. The van der Waals surface area contributed by atoms with Crippen LogP contribution in [-0.4, -0.2) is 33.6 Å². The number of rotatable bonds is 7. The molecule has 0 radical (unpaired) electrons. The lowest BCUT2D eigenvalue weighted by Crippen LogP contribution is -2.30. The molecule has 0 atom stereocenters. The van der Waals surface area contributed by atoms with Crippen LogP contribution in [0.1, 0.15) is 30.4 Å². The molecule has 9 nitrogen and oxygen atoms in total. The molecule has 2 aromatic rings. The normalized spacial score (nSPS) is 15.0. The lowest BCUT2D eigenvalue weighted by atomic mass is 10.1. The highest BCUT2D eigenvalue weighted by Gasteiger charge is 2.19. The number of carbonyl (C=O) groups is 2. The number of nitrogens with one attached hydrogen (secondary N) is 3. The van der Waals surface area contributed by atoms with Gasteiger partial charge in [-0.3, -0.25) is 9.59 Å². The van der Waals surface area contributed by atoms with E-state index >= 15 is 0 Å². The molecule has 2 amide bonds. The summed E-state index contributed by atoms with van der Waals surface area (Å²) in [5.74, 6) is 0.966. The fourth-order valence-electron chi connectivity index (χ4n) is 3.44. The number of carbonyl (C=O) groups excluding carboxylic acids is 2. The molecule has 2 aliphatic heterocycles. The predicted molar refractivity (Wildman–Crippen MR) is 112 cm³/mol. The molecular weight excluding hydrogens is 422 g/mol. The molecule has 2 aliphatic rings. The van der Waals surface area contributed by atoms with E-state index < -0.39 is 10.0 Å². The molecule has 3 N–H and O–H groups in total. The van der Waals surface area contributed by atoms with Crippen molar-refractivity contribution in [2.24, 2.45) is 0 Å². The molecule has 10 heteroatoms. The van der Waals surface area contributed by atoms with Crippen molar-refractivity contribution < 1.29 is 27.5 Å². The standard InChI is InChI=1S/C21H23N3O6S/c25-20(22-12-14-4-7-18-19(10-14)30-13-29-18)8-9-23-31(27,28)16-5-6-17-15(11-16)2-1-3-21(26)24-17/h4-7,10-11,23H,1-3,8-9,12-13H2,(H,22,25)(H,24,26). The van der Waals surface area contributed by atoms with Gasteiger partial charge in [-0.2, -0.15) is 0 Å². The number of hydrogen-bond acceptors (Lipinski definition) is 6. The van der Waals surface area contributed by atoms with Gasteiger partial charge in [-0.15, -0.1) is 0 Å². The van der Waals surface area contributed by atoms with Crippen LogP contribution in [0.15, 0.2) is 41.3 Å². The van der Waals surface area contributed by atoms with Crippen molar-refractivity contribution in [1.82, 2.24) is 10.0 Å². The van der Waals surface area contributed by atoms with Crippen molar-refractivity contribution in [2.75, 3.05) is 18.7 Å². The SMILES string of the molecule is O=C(CCNS(=O)(=O)c1ccc2c(c1)CCCC(=O)N2)NCc1ccc2c(c1)OCO2. The summed E-state index contributed by atoms with van der Waals surface area (Å²) in [6.07, 6.45) is 1.71. The minimum Gasteiger partial charge on any atom is -0.454 e. The molecule has 4 rings (SSSR count). The van der Waals surface area contributed by atoms with Gasteiger partial charge >= 0.3 is 0 Å². The molecule has 0 fully saturated rings. The Morgan fingerprint density at radius 3 is 2.77 bits per heavy atom. The van der Waals surface area contributed by atoms with E-state index in [1.807, 2.05) is 6.07 Å². The molecular formula is C21H23N3O6S. The zero-order chi connectivity index (χ0) is 21.8. The summed E-state index contributed by atoms with van der Waals surface area (Å²) >= 11 is 0. The van der Waals surface area contributed by atoms with Gasteiger partial charge in [0.15, 0.2) is 11.5 Å². The van der Waals surface area contributed by atoms with E-state index in [4.69, 9.17) is 9.47 Å². The molecule has 0 saturated heterocycles. The van der Waals surface area contributed by atoms with Crippen LogP contribution in [-0.2, 0) is 32.6 Å². The monoisotopic (exact) mass is 445 g/mol. The summed E-state index contributed by atoms with van der Waals surface area (Å²) in [5, 5.41) is 5.54. The van der Waals surface area contributed by atoms with Crippen LogP contribution >= 0.6 is 0 Å². The molecule has 0 aliphatic carbocycles. The van der Waals surface area contributed by atoms with Gasteiger partial charge in [-0.1, -0.05) is 6.07 Å². The number of amides is 2. The van der Waals surface area contributed by atoms with Crippen LogP contribution in [0.25, 0.3) is 0 Å². The Balaban J connectivity index is 1.28. The Morgan fingerprint density at radius 1 is 1.06 bits per heavy atom. The highest BCUT2D eigenvalue weighted by molar-refractivity contribution is 7.89. The Hall–Kier alpha value is -3.11. The molecule has 2 aromatic carbocycles. The first kappa shape index (κ1) is 21.1. The van der Waals surface area contributed by atoms with Gasteiger partial charge in [0.2, 0.25) is 28.6 Å². The Bertz CT molecular complexity index is 1120. The van der Waals surface area contributed by atoms with Crippen molar-refractivity contribution in [3.8, 4) is 11.5 Å². The smallest absolute Gasteiger partial charge is 0.240 e. The number of sulfonamides is 1. The number of aryl methyl sites for hydroxylation is 1. The highest BCUT2D eigenvalue weighted by Crippen LogP contribution is 2.32. The van der Waals surface area contributed by atoms with Crippen molar-refractivity contribution in [3.63, 3.8) is 0 Å². The number of fused-ring (bicyclic) bond motifs is 2. The van der Waals surface area contributed by atoms with Crippen molar-refractivity contribution in [1.29, 1.82) is 0 Å². The van der Waals surface area contributed by atoms with E-state index in [1.165, 1.54) is 6.07 Å². The van der Waals surface area contributed by atoms with Gasteiger partial charge < -0.3 is 20.1 Å². The maximum Gasteiger partial charge on any atom is 0.240 e. The van der Waals surface area contributed by atoms with Crippen molar-refractivity contribution in [3.05, 3.63) is 47.5 Å². The van der Waals surface area contributed by atoms with Gasteiger partial charge in [-0.25, -0.2) is 13.1 Å². The first-order valence-electron chi connectivity index (χ1n) is 9.98. The Kier molecular flexibility index (Phi) is 6.10. The van der Waals surface area contributed by atoms with Crippen LogP contribution in [0.4, 0.5) is 5.69 Å². The largest absolute Gasteiger partial charge is 0.454 e. The zero-order valence-corrected chi connectivity index (χ0v) is 17.6. The summed E-state index contributed by atoms with van der Waals surface area (Å²) in [6.45, 7) is 0.464. The van der Waals surface area contributed by atoms with Crippen LogP contribution in [0, 0.1) is 0 Å². The molecule has 31 heavy (non-hydrogen) atoms. The number of anilines is 1. The first-order chi connectivity index (χ1) is 14.9. The number of hydrogen-bond donors (Lipinski definition) is 3. The fraction of sp³-hybridized carbons (Fsp3) is 0.333. The average Bonchev–Trinajstić information content (AvgIpc) is 3.12. The number of ether oxygens (including phenoxy) is 2. The van der Waals surface area contributed by atoms with Crippen molar-refractivity contribution >= 4 is 27.5 Å². The van der Waals surface area contributed by atoms with Gasteiger partial charge in [0.05, 0.1) is 4.90 Å². The molecule has 0 aromatic heterocycles. The third kappa shape index (κ3) is 5.15. The van der Waals surface area contributed by atoms with E-state index in [0.717, 1.165) is 11.1 Å². The molecule has 0 spiro atoms. The van der Waals surface area contributed by atoms with Crippen LogP contribution in [0.2, 0.25) is 0 Å². The third-order valence-electron chi connectivity index (χ3n) is 5.08. The second kappa shape index (κ2) is 8.94. The van der Waals surface area contributed by atoms with Gasteiger partial charge in [0.25, 0.3) is 0 Å². The quantitative estimate of drug-likeness (QED) is 0.596. The van der Waals surface area contributed by atoms with Crippen LogP contribution in [0.3, 0.4) is 0 Å². The minimum absolute atomic E-state index is 0.00474. The summed E-state index contributed by atoms with van der Waals surface area (Å²) in [4.78, 5) is 23.8. The second-order valence-electron chi connectivity index (χ2n) is 7.33. The topological polar surface area (TPSA) is 123 Å². The summed E-state index contributed by atoms with van der Waals surface area (Å²) in [7, 11) is -3.76. The van der Waals surface area contributed by atoms with E-state index in [-0.39, 0.29) is 36.5 Å². The summed E-state index contributed by atoms with van der Waals surface area (Å²) in [5.41, 5.74) is 2.29. The number of benzene rings is 2. The summed E-state index contributed by atoms with van der Waals surface area (Å²) < 4.78 is 38.2. The fourth-order valence-corrected chi connectivity index (χ4v) is 4.52. The maximum atomic E-state index is 12.6. The molecule has 2 heterocycles. The summed E-state index contributed by atoms with van der Waals surface area (Å²) in [6, 6.07) is 10.0. The third-order valence-corrected chi connectivity index (χ3v) is 6.54. The van der Waals surface area contributed by atoms with Crippen LogP contribution < -0.4 is 24.8 Å². The van der Waals surface area contributed by atoms with Gasteiger partial charge in [0.1, 0.15) is 0 Å². The predicted octanol–water partition coefficient (Wildman–Crippen LogP) is 1.67. The lowest BCUT2D eigenvalue weighted by Gasteiger charge is -2.11. The van der Waals surface area contributed by atoms with E-state index in [9.17, 15) is 18.0 Å². The Labute approximate surface area is 180 Å². The van der Waals surface area contributed by atoms with E-state index in [2.05, 4.69) is 15.4 Å². The van der Waals surface area contributed by atoms with E-state index in [0.29, 0.717) is 43.0 Å². The first-order valence-corrected chi connectivity index (χ1v) is 11.5. The average molecular weight is 445 g/mol. The molecule has 164 valence electrons.